The molecule has 0 heterocycles. The minimum absolute atomic E-state index is 1.16. The molecule has 3 rings (SSSR count). The highest BCUT2D eigenvalue weighted by atomic mass is 14.1. The summed E-state index contributed by atoms with van der Waals surface area (Å²) in [5.74, 6) is 0. The molecule has 0 atom stereocenters. The van der Waals surface area contributed by atoms with E-state index in [9.17, 15) is 0 Å². The van der Waals surface area contributed by atoms with Crippen LogP contribution in [0.15, 0.2) is 48.5 Å². The molecule has 0 unspecified atom stereocenters. The summed E-state index contributed by atoms with van der Waals surface area (Å²) in [5.41, 5.74) is 6.14. The molecular weight excluding hydrogens is 264 g/mol. The lowest BCUT2D eigenvalue weighted by atomic mass is 9.92. The zero-order valence-corrected chi connectivity index (χ0v) is 14.9. The average molecular weight is 296 g/mol. The number of fused-ring (bicyclic) bond motifs is 1. The van der Waals surface area contributed by atoms with E-state index in [2.05, 4.69) is 62.4 Å². The van der Waals surface area contributed by atoms with E-state index in [0.29, 0.717) is 0 Å². The first-order chi connectivity index (χ1) is 10.8. The summed E-state index contributed by atoms with van der Waals surface area (Å²) in [6.45, 7) is 8.41. The fourth-order valence-electron chi connectivity index (χ4n) is 2.92. The lowest BCUT2D eigenvalue weighted by molar-refractivity contribution is 0.685. The minimum Gasteiger partial charge on any atom is -0.0683 e. The van der Waals surface area contributed by atoms with Crippen molar-refractivity contribution in [2.75, 3.05) is 0 Å². The van der Waals surface area contributed by atoms with Crippen LogP contribution in [0.3, 0.4) is 0 Å². The molecule has 0 aliphatic heterocycles. The zero-order chi connectivity index (χ0) is 16.2. The van der Waals surface area contributed by atoms with Crippen LogP contribution in [0.25, 0.3) is 0 Å². The summed E-state index contributed by atoms with van der Waals surface area (Å²) in [6.07, 6.45) is 7.69. The first-order valence-electron chi connectivity index (χ1n) is 8.98. The van der Waals surface area contributed by atoms with Gasteiger partial charge in [0.2, 0.25) is 0 Å². The first kappa shape index (κ1) is 18.5. The third-order valence-electron chi connectivity index (χ3n) is 4.14. The van der Waals surface area contributed by atoms with Gasteiger partial charge in [-0.25, -0.2) is 0 Å². The molecule has 120 valence electrons. The highest BCUT2D eigenvalue weighted by Crippen LogP contribution is 2.19. The Morgan fingerprint density at radius 3 is 1.36 bits per heavy atom. The molecule has 22 heavy (non-hydrogen) atoms. The van der Waals surface area contributed by atoms with Crippen molar-refractivity contribution in [1.82, 2.24) is 0 Å². The van der Waals surface area contributed by atoms with Gasteiger partial charge in [0.25, 0.3) is 0 Å². The van der Waals surface area contributed by atoms with Gasteiger partial charge in [-0.15, -0.1) is 0 Å². The Balaban J connectivity index is 0.000000198. The Kier molecular flexibility index (Phi) is 9.30. The molecule has 0 aromatic heterocycles. The lowest BCUT2D eigenvalue weighted by Gasteiger charge is -2.13. The standard InChI is InChI=1S/C10H12.C10H14.C2H6/c1-2-6-10-8-4-3-7-9(10)5-1;1-3-9-7-5-6-8-10(9)4-2;1-2/h1-2,5-6H,3-4,7-8H2;5-8H,3-4H2,1-2H3;1-2H3. The summed E-state index contributed by atoms with van der Waals surface area (Å²) in [5, 5.41) is 0. The second kappa shape index (κ2) is 11.1. The predicted molar refractivity (Wildman–Crippen MR) is 99.6 cm³/mol. The van der Waals surface area contributed by atoms with Gasteiger partial charge in [0.15, 0.2) is 0 Å². The van der Waals surface area contributed by atoms with E-state index < -0.39 is 0 Å². The van der Waals surface area contributed by atoms with Gasteiger partial charge in [-0.1, -0.05) is 76.2 Å². The molecule has 0 amide bonds. The van der Waals surface area contributed by atoms with E-state index in [1.807, 2.05) is 13.8 Å². The van der Waals surface area contributed by atoms with Crippen molar-refractivity contribution in [2.45, 2.75) is 66.2 Å². The van der Waals surface area contributed by atoms with Crippen molar-refractivity contribution in [3.8, 4) is 0 Å². The Morgan fingerprint density at radius 2 is 1.00 bits per heavy atom. The quantitative estimate of drug-likeness (QED) is 0.601. The van der Waals surface area contributed by atoms with E-state index in [0.717, 1.165) is 12.8 Å². The summed E-state index contributed by atoms with van der Waals surface area (Å²) in [4.78, 5) is 0. The maximum atomic E-state index is 2.26. The second-order valence-electron chi connectivity index (χ2n) is 5.45. The second-order valence-corrected chi connectivity index (χ2v) is 5.45. The van der Waals surface area contributed by atoms with E-state index in [-0.39, 0.29) is 0 Å². The van der Waals surface area contributed by atoms with Gasteiger partial charge < -0.3 is 0 Å². The zero-order valence-electron chi connectivity index (χ0n) is 14.9. The van der Waals surface area contributed by atoms with E-state index in [1.165, 1.54) is 36.8 Å². The normalized spacial score (nSPS) is 12.2. The van der Waals surface area contributed by atoms with Crippen LogP contribution in [0.2, 0.25) is 0 Å². The molecule has 0 heteroatoms. The number of rotatable bonds is 2. The number of hydrogen-bond donors (Lipinski definition) is 0. The molecule has 0 nitrogen and oxygen atoms in total. The van der Waals surface area contributed by atoms with Gasteiger partial charge in [-0.05, 0) is 60.8 Å². The summed E-state index contributed by atoms with van der Waals surface area (Å²) in [7, 11) is 0. The number of hydrogen-bond acceptors (Lipinski definition) is 0. The van der Waals surface area contributed by atoms with Crippen LogP contribution >= 0.6 is 0 Å². The first-order valence-corrected chi connectivity index (χ1v) is 8.98. The molecule has 1 aliphatic carbocycles. The average Bonchev–Trinajstić information content (AvgIpc) is 2.64. The van der Waals surface area contributed by atoms with Crippen molar-refractivity contribution in [2.24, 2.45) is 0 Å². The summed E-state index contributed by atoms with van der Waals surface area (Å²) < 4.78 is 0. The van der Waals surface area contributed by atoms with Gasteiger partial charge in [0.05, 0.1) is 0 Å². The third kappa shape index (κ3) is 5.67. The molecule has 0 spiro atoms. The Labute approximate surface area is 137 Å². The highest BCUT2D eigenvalue weighted by molar-refractivity contribution is 5.28. The number of aryl methyl sites for hydroxylation is 4. The molecule has 0 saturated heterocycles. The molecule has 0 N–H and O–H groups in total. The van der Waals surface area contributed by atoms with Crippen LogP contribution in [0.1, 0.15) is 62.8 Å². The maximum absolute atomic E-state index is 2.26. The molecule has 0 radical (unpaired) electrons. The summed E-state index contributed by atoms with van der Waals surface area (Å²) >= 11 is 0. The van der Waals surface area contributed by atoms with Gasteiger partial charge >= 0.3 is 0 Å². The lowest BCUT2D eigenvalue weighted by Crippen LogP contribution is -2.00. The third-order valence-corrected chi connectivity index (χ3v) is 4.14. The monoisotopic (exact) mass is 296 g/mol. The van der Waals surface area contributed by atoms with Crippen LogP contribution in [0.4, 0.5) is 0 Å². The van der Waals surface area contributed by atoms with Gasteiger partial charge in [-0.2, -0.15) is 0 Å². The number of benzene rings is 2. The Hall–Kier alpha value is -1.56. The Bertz CT molecular complexity index is 446. The minimum atomic E-state index is 1.16. The van der Waals surface area contributed by atoms with Gasteiger partial charge in [-0.3, -0.25) is 0 Å². The van der Waals surface area contributed by atoms with E-state index in [1.54, 1.807) is 11.1 Å². The van der Waals surface area contributed by atoms with Crippen LogP contribution in [-0.2, 0) is 25.7 Å². The van der Waals surface area contributed by atoms with Crippen molar-refractivity contribution in [3.05, 3.63) is 70.8 Å². The van der Waals surface area contributed by atoms with Crippen molar-refractivity contribution < 1.29 is 0 Å². The molecule has 1 aliphatic rings. The van der Waals surface area contributed by atoms with Crippen molar-refractivity contribution in [1.29, 1.82) is 0 Å². The molecule has 0 bridgehead atoms. The van der Waals surface area contributed by atoms with E-state index >= 15 is 0 Å². The highest BCUT2D eigenvalue weighted by Gasteiger charge is 2.05. The fraction of sp³-hybridized carbons (Fsp3) is 0.455. The predicted octanol–water partition coefficient (Wildman–Crippen LogP) is 6.40. The maximum Gasteiger partial charge on any atom is -0.0276 e. The molecule has 0 fully saturated rings. The van der Waals surface area contributed by atoms with Gasteiger partial charge in [0, 0.05) is 0 Å². The molecule has 0 saturated carbocycles. The Morgan fingerprint density at radius 1 is 0.636 bits per heavy atom. The largest absolute Gasteiger partial charge is 0.0683 e. The summed E-state index contributed by atoms with van der Waals surface area (Å²) in [6, 6.07) is 17.4. The SMILES string of the molecule is CC.CCc1ccccc1CC.c1ccc2c(c1)CCCC2. The van der Waals surface area contributed by atoms with Crippen molar-refractivity contribution >= 4 is 0 Å². The fourth-order valence-corrected chi connectivity index (χ4v) is 2.92. The molecule has 2 aromatic carbocycles. The molecular formula is C22H32. The van der Waals surface area contributed by atoms with Crippen molar-refractivity contribution in [3.63, 3.8) is 0 Å². The van der Waals surface area contributed by atoms with Gasteiger partial charge in [0.1, 0.15) is 0 Å². The van der Waals surface area contributed by atoms with Crippen LogP contribution < -0.4 is 0 Å². The van der Waals surface area contributed by atoms with Crippen LogP contribution in [0.5, 0.6) is 0 Å². The smallest absolute Gasteiger partial charge is 0.0276 e. The molecule has 2 aromatic rings. The van der Waals surface area contributed by atoms with Crippen LogP contribution in [-0.4, -0.2) is 0 Å². The van der Waals surface area contributed by atoms with E-state index in [4.69, 9.17) is 0 Å². The van der Waals surface area contributed by atoms with Crippen LogP contribution in [0, 0.1) is 0 Å². The topological polar surface area (TPSA) is 0 Å².